The maximum absolute atomic E-state index is 13.1. The van der Waals surface area contributed by atoms with E-state index < -0.39 is 29.5 Å². The van der Waals surface area contributed by atoms with Crippen molar-refractivity contribution < 1.29 is 17.6 Å². The number of alkyl halides is 2. The molecular formula is C12H10F4N2. The Morgan fingerprint density at radius 1 is 1.22 bits per heavy atom. The number of nitrogen functional groups attached to an aromatic ring is 1. The molecule has 18 heavy (non-hydrogen) atoms. The summed E-state index contributed by atoms with van der Waals surface area (Å²) in [6.45, 7) is 3.47. The molecule has 0 aliphatic heterocycles. The highest BCUT2D eigenvalue weighted by Crippen LogP contribution is 2.22. The Kier molecular flexibility index (Phi) is 4.25. The molecule has 0 amide bonds. The van der Waals surface area contributed by atoms with Gasteiger partial charge in [-0.25, -0.2) is 17.6 Å². The molecule has 2 nitrogen and oxygen atoms in total. The zero-order valence-corrected chi connectivity index (χ0v) is 9.18. The van der Waals surface area contributed by atoms with Crippen LogP contribution in [0.25, 0.3) is 5.57 Å². The molecule has 0 atom stereocenters. The predicted molar refractivity (Wildman–Crippen MR) is 62.7 cm³/mol. The molecule has 0 fully saturated rings. The second-order valence-electron chi connectivity index (χ2n) is 3.47. The first-order chi connectivity index (χ1) is 8.32. The summed E-state index contributed by atoms with van der Waals surface area (Å²) in [6.07, 6.45) is -1.01. The summed E-state index contributed by atoms with van der Waals surface area (Å²) in [4.78, 5) is 0. The van der Waals surface area contributed by atoms with Crippen LogP contribution in [0.5, 0.6) is 0 Å². The van der Waals surface area contributed by atoms with Crippen LogP contribution in [0.3, 0.4) is 0 Å². The van der Waals surface area contributed by atoms with E-state index in [-0.39, 0.29) is 11.1 Å². The summed E-state index contributed by atoms with van der Waals surface area (Å²) < 4.78 is 50.3. The molecule has 0 aliphatic carbocycles. The van der Waals surface area contributed by atoms with E-state index in [0.717, 1.165) is 24.3 Å². The Bertz CT molecular complexity index is 498. The van der Waals surface area contributed by atoms with Crippen LogP contribution >= 0.6 is 0 Å². The second kappa shape index (κ2) is 5.48. The minimum Gasteiger partial charge on any atom is -0.394 e. The monoisotopic (exact) mass is 258 g/mol. The zero-order chi connectivity index (χ0) is 13.9. The van der Waals surface area contributed by atoms with Crippen LogP contribution in [-0.4, -0.2) is 12.1 Å². The Hall–Kier alpha value is -2.11. The number of halogens is 4. The number of allylic oxidation sites excluding steroid dienone is 3. The fourth-order valence-corrected chi connectivity index (χ4v) is 1.13. The third-order valence-electron chi connectivity index (χ3n) is 2.15. The summed E-state index contributed by atoms with van der Waals surface area (Å²) >= 11 is 0. The molecule has 0 aromatic heterocycles. The van der Waals surface area contributed by atoms with Crippen molar-refractivity contribution in [3.05, 3.63) is 48.1 Å². The van der Waals surface area contributed by atoms with Gasteiger partial charge in [-0.2, -0.15) is 0 Å². The van der Waals surface area contributed by atoms with E-state index >= 15 is 0 Å². The number of hydrogen-bond donors (Lipinski definition) is 2. The molecule has 1 aromatic rings. The van der Waals surface area contributed by atoms with Crippen molar-refractivity contribution in [1.82, 2.24) is 0 Å². The lowest BCUT2D eigenvalue weighted by atomic mass is 10.1. The number of benzene rings is 1. The van der Waals surface area contributed by atoms with Crippen LogP contribution in [0.4, 0.5) is 23.2 Å². The summed E-state index contributed by atoms with van der Waals surface area (Å²) in [7, 11) is 0. The first kappa shape index (κ1) is 14.0. The number of rotatable bonds is 4. The number of nitrogens with two attached hydrogens (primary N) is 1. The third-order valence-corrected chi connectivity index (χ3v) is 2.15. The van der Waals surface area contributed by atoms with Crippen LogP contribution in [-0.2, 0) is 0 Å². The van der Waals surface area contributed by atoms with Crippen molar-refractivity contribution in [1.29, 1.82) is 5.41 Å². The van der Waals surface area contributed by atoms with Gasteiger partial charge in [0.15, 0.2) is 0 Å². The highest BCUT2D eigenvalue weighted by molar-refractivity contribution is 5.97. The average Bonchev–Trinajstić information content (AvgIpc) is 2.31. The van der Waals surface area contributed by atoms with Gasteiger partial charge in [-0.15, -0.1) is 0 Å². The standard InChI is InChI=1S/C12H10F4N2/c1-6(2-3-10(17)12(15)16)7-4-8(13)11(18)9(14)5-7/h2-5,12,17H,1,18H2/b3-2-,17-10?. The van der Waals surface area contributed by atoms with Crippen LogP contribution in [0, 0.1) is 17.0 Å². The van der Waals surface area contributed by atoms with E-state index in [0.29, 0.717) is 0 Å². The highest BCUT2D eigenvalue weighted by atomic mass is 19.3. The predicted octanol–water partition coefficient (Wildman–Crippen LogP) is 3.40. The molecule has 0 saturated carbocycles. The summed E-state index contributed by atoms with van der Waals surface area (Å²) in [5, 5.41) is 6.87. The van der Waals surface area contributed by atoms with Gasteiger partial charge < -0.3 is 5.73 Å². The third kappa shape index (κ3) is 3.19. The average molecular weight is 258 g/mol. The second-order valence-corrected chi connectivity index (χ2v) is 3.47. The van der Waals surface area contributed by atoms with E-state index in [4.69, 9.17) is 11.1 Å². The van der Waals surface area contributed by atoms with E-state index in [1.807, 2.05) is 0 Å². The lowest BCUT2D eigenvalue weighted by Gasteiger charge is -2.04. The Morgan fingerprint density at radius 3 is 2.17 bits per heavy atom. The molecular weight excluding hydrogens is 248 g/mol. The van der Waals surface area contributed by atoms with Gasteiger partial charge in [-0.1, -0.05) is 12.7 Å². The fourth-order valence-electron chi connectivity index (χ4n) is 1.13. The highest BCUT2D eigenvalue weighted by Gasteiger charge is 2.10. The Labute approximate surface area is 101 Å². The molecule has 1 rings (SSSR count). The maximum Gasteiger partial charge on any atom is 0.279 e. The maximum atomic E-state index is 13.1. The largest absolute Gasteiger partial charge is 0.394 e. The lowest BCUT2D eigenvalue weighted by molar-refractivity contribution is 0.226. The SMILES string of the molecule is C=C(/C=C\C(=N)C(F)F)c1cc(F)c(N)c(F)c1. The fraction of sp³-hybridized carbons (Fsp3) is 0.0833. The van der Waals surface area contributed by atoms with E-state index in [2.05, 4.69) is 6.58 Å². The smallest absolute Gasteiger partial charge is 0.279 e. The summed E-state index contributed by atoms with van der Waals surface area (Å²) in [5.41, 5.74) is 3.72. The summed E-state index contributed by atoms with van der Waals surface area (Å²) in [5.74, 6) is -1.91. The normalized spacial score (nSPS) is 11.2. The molecule has 0 unspecified atom stereocenters. The van der Waals surface area contributed by atoms with Crippen molar-refractivity contribution in [3.8, 4) is 0 Å². The molecule has 0 radical (unpaired) electrons. The van der Waals surface area contributed by atoms with E-state index in [1.165, 1.54) is 0 Å². The first-order valence-electron chi connectivity index (χ1n) is 4.81. The van der Waals surface area contributed by atoms with Gasteiger partial charge in [0, 0.05) is 0 Å². The van der Waals surface area contributed by atoms with Crippen molar-refractivity contribution in [3.63, 3.8) is 0 Å². The number of anilines is 1. The molecule has 0 aliphatic rings. The van der Waals surface area contributed by atoms with Crippen molar-refractivity contribution >= 4 is 17.0 Å². The minimum absolute atomic E-state index is 0.0671. The van der Waals surface area contributed by atoms with Gasteiger partial charge in [0.1, 0.15) is 17.3 Å². The van der Waals surface area contributed by atoms with Crippen LogP contribution < -0.4 is 5.73 Å². The Balaban J connectivity index is 2.96. The quantitative estimate of drug-likeness (QED) is 0.370. The van der Waals surface area contributed by atoms with Crippen LogP contribution in [0.2, 0.25) is 0 Å². The molecule has 0 heterocycles. The van der Waals surface area contributed by atoms with Gasteiger partial charge in [0.2, 0.25) is 0 Å². The van der Waals surface area contributed by atoms with Crippen LogP contribution in [0.1, 0.15) is 5.56 Å². The summed E-state index contributed by atoms with van der Waals surface area (Å²) in [6, 6.07) is 1.88. The van der Waals surface area contributed by atoms with Gasteiger partial charge in [0.05, 0.1) is 5.71 Å². The molecule has 0 bridgehead atoms. The zero-order valence-electron chi connectivity index (χ0n) is 9.18. The molecule has 0 spiro atoms. The minimum atomic E-state index is -2.91. The first-order valence-corrected chi connectivity index (χ1v) is 4.81. The van der Waals surface area contributed by atoms with Gasteiger partial charge >= 0.3 is 0 Å². The topological polar surface area (TPSA) is 49.9 Å². The van der Waals surface area contributed by atoms with Gasteiger partial charge in [0.25, 0.3) is 6.43 Å². The molecule has 3 N–H and O–H groups in total. The van der Waals surface area contributed by atoms with Gasteiger partial charge in [-0.05, 0) is 29.3 Å². The molecule has 6 heteroatoms. The van der Waals surface area contributed by atoms with E-state index in [9.17, 15) is 17.6 Å². The van der Waals surface area contributed by atoms with Crippen molar-refractivity contribution in [2.45, 2.75) is 6.43 Å². The molecule has 1 aromatic carbocycles. The number of nitrogens with one attached hydrogen (secondary N) is 1. The Morgan fingerprint density at radius 2 is 1.72 bits per heavy atom. The lowest BCUT2D eigenvalue weighted by Crippen LogP contribution is -2.04. The molecule has 0 saturated heterocycles. The van der Waals surface area contributed by atoms with Crippen LogP contribution in [0.15, 0.2) is 30.9 Å². The number of hydrogen-bond acceptors (Lipinski definition) is 2. The molecule has 96 valence electrons. The van der Waals surface area contributed by atoms with E-state index in [1.54, 1.807) is 0 Å². The van der Waals surface area contributed by atoms with Crippen molar-refractivity contribution in [2.24, 2.45) is 0 Å². The van der Waals surface area contributed by atoms with Gasteiger partial charge in [-0.3, -0.25) is 5.41 Å². The van der Waals surface area contributed by atoms with Crippen molar-refractivity contribution in [2.75, 3.05) is 5.73 Å².